The highest BCUT2D eigenvalue weighted by Gasteiger charge is 2.25. The standard InChI is InChI=1S/C11H22N2O2/c1-3-5-11(2,15)8-13-10(14)9-4-6-12-7-9/h9,12,15H,3-8H2,1-2H3,(H,13,14). The van der Waals surface area contributed by atoms with Gasteiger partial charge in [0, 0.05) is 13.1 Å². The second-order valence-corrected chi connectivity index (χ2v) is 4.65. The Balaban J connectivity index is 2.26. The molecule has 3 N–H and O–H groups in total. The molecule has 88 valence electrons. The van der Waals surface area contributed by atoms with Gasteiger partial charge in [-0.3, -0.25) is 4.79 Å². The summed E-state index contributed by atoms with van der Waals surface area (Å²) in [7, 11) is 0. The third-order valence-electron chi connectivity index (χ3n) is 2.86. The molecule has 0 aliphatic carbocycles. The smallest absolute Gasteiger partial charge is 0.224 e. The maximum atomic E-state index is 11.6. The summed E-state index contributed by atoms with van der Waals surface area (Å²) in [5.41, 5.74) is -0.767. The SMILES string of the molecule is CCCC(C)(O)CNC(=O)C1CCNC1. The highest BCUT2D eigenvalue weighted by atomic mass is 16.3. The summed E-state index contributed by atoms with van der Waals surface area (Å²) in [6.45, 7) is 5.84. The van der Waals surface area contributed by atoms with Gasteiger partial charge >= 0.3 is 0 Å². The van der Waals surface area contributed by atoms with Crippen LogP contribution in [0.1, 0.15) is 33.1 Å². The minimum atomic E-state index is -0.767. The molecule has 1 heterocycles. The number of nitrogens with one attached hydrogen (secondary N) is 2. The first kappa shape index (κ1) is 12.5. The first-order chi connectivity index (χ1) is 7.05. The fraction of sp³-hybridized carbons (Fsp3) is 0.909. The van der Waals surface area contributed by atoms with Crippen LogP contribution in [0.4, 0.5) is 0 Å². The highest BCUT2D eigenvalue weighted by molar-refractivity contribution is 5.79. The molecule has 2 unspecified atom stereocenters. The molecule has 1 fully saturated rings. The van der Waals surface area contributed by atoms with Crippen molar-refractivity contribution >= 4 is 5.91 Å². The van der Waals surface area contributed by atoms with Crippen molar-refractivity contribution in [1.82, 2.24) is 10.6 Å². The van der Waals surface area contributed by atoms with Crippen LogP contribution in [0.3, 0.4) is 0 Å². The summed E-state index contributed by atoms with van der Waals surface area (Å²) in [4.78, 5) is 11.6. The number of hydrogen-bond donors (Lipinski definition) is 3. The van der Waals surface area contributed by atoms with E-state index in [1.807, 2.05) is 6.92 Å². The maximum absolute atomic E-state index is 11.6. The molecule has 0 bridgehead atoms. The predicted molar refractivity (Wildman–Crippen MR) is 59.5 cm³/mol. The van der Waals surface area contributed by atoms with Crippen molar-refractivity contribution in [2.45, 2.75) is 38.7 Å². The monoisotopic (exact) mass is 214 g/mol. The van der Waals surface area contributed by atoms with Gasteiger partial charge in [-0.15, -0.1) is 0 Å². The van der Waals surface area contributed by atoms with E-state index in [9.17, 15) is 9.90 Å². The second kappa shape index (κ2) is 5.47. The molecule has 0 radical (unpaired) electrons. The summed E-state index contributed by atoms with van der Waals surface area (Å²) < 4.78 is 0. The Kier molecular flexibility index (Phi) is 4.54. The summed E-state index contributed by atoms with van der Waals surface area (Å²) >= 11 is 0. The number of aliphatic hydroxyl groups is 1. The third-order valence-corrected chi connectivity index (χ3v) is 2.86. The molecule has 1 aliphatic rings. The Labute approximate surface area is 91.4 Å². The van der Waals surface area contributed by atoms with E-state index < -0.39 is 5.60 Å². The molecule has 0 aromatic heterocycles. The first-order valence-corrected chi connectivity index (χ1v) is 5.76. The number of amides is 1. The zero-order valence-electron chi connectivity index (χ0n) is 9.68. The van der Waals surface area contributed by atoms with Crippen molar-refractivity contribution in [3.8, 4) is 0 Å². The summed E-state index contributed by atoms with van der Waals surface area (Å²) in [5, 5.41) is 15.8. The van der Waals surface area contributed by atoms with E-state index in [2.05, 4.69) is 10.6 Å². The second-order valence-electron chi connectivity index (χ2n) is 4.65. The summed E-state index contributed by atoms with van der Waals surface area (Å²) in [5.74, 6) is 0.152. The Morgan fingerprint density at radius 2 is 2.40 bits per heavy atom. The molecule has 1 saturated heterocycles. The van der Waals surface area contributed by atoms with Crippen molar-refractivity contribution in [3.05, 3.63) is 0 Å². The normalized spacial score (nSPS) is 24.9. The van der Waals surface area contributed by atoms with Crippen LogP contribution in [0.25, 0.3) is 0 Å². The van der Waals surface area contributed by atoms with Gasteiger partial charge < -0.3 is 15.7 Å². The molecule has 0 aromatic rings. The summed E-state index contributed by atoms with van der Waals surface area (Å²) in [6, 6.07) is 0. The number of rotatable bonds is 5. The maximum Gasteiger partial charge on any atom is 0.224 e. The quantitative estimate of drug-likeness (QED) is 0.615. The van der Waals surface area contributed by atoms with E-state index in [0.29, 0.717) is 6.54 Å². The average Bonchev–Trinajstić information content (AvgIpc) is 2.67. The molecule has 15 heavy (non-hydrogen) atoms. The topological polar surface area (TPSA) is 61.4 Å². The van der Waals surface area contributed by atoms with Crippen molar-refractivity contribution in [2.75, 3.05) is 19.6 Å². The minimum absolute atomic E-state index is 0.0661. The minimum Gasteiger partial charge on any atom is -0.388 e. The van der Waals surface area contributed by atoms with Crippen LogP contribution in [0.15, 0.2) is 0 Å². The van der Waals surface area contributed by atoms with E-state index in [1.165, 1.54) is 0 Å². The molecule has 4 nitrogen and oxygen atoms in total. The lowest BCUT2D eigenvalue weighted by molar-refractivity contribution is -0.125. The fourth-order valence-corrected chi connectivity index (χ4v) is 1.93. The average molecular weight is 214 g/mol. The Hall–Kier alpha value is -0.610. The molecule has 0 aromatic carbocycles. The molecule has 1 rings (SSSR count). The van der Waals surface area contributed by atoms with Crippen molar-refractivity contribution in [3.63, 3.8) is 0 Å². The van der Waals surface area contributed by atoms with Crippen LogP contribution in [0.5, 0.6) is 0 Å². The van der Waals surface area contributed by atoms with Gasteiger partial charge in [-0.25, -0.2) is 0 Å². The number of hydrogen-bond acceptors (Lipinski definition) is 3. The molecule has 0 spiro atoms. The Morgan fingerprint density at radius 1 is 1.67 bits per heavy atom. The number of carbonyl (C=O) groups is 1. The van der Waals surface area contributed by atoms with Crippen LogP contribution in [0, 0.1) is 5.92 Å². The zero-order valence-corrected chi connectivity index (χ0v) is 9.68. The van der Waals surface area contributed by atoms with E-state index in [4.69, 9.17) is 0 Å². The van der Waals surface area contributed by atoms with Gasteiger partial charge in [-0.1, -0.05) is 13.3 Å². The van der Waals surface area contributed by atoms with E-state index in [0.717, 1.165) is 32.4 Å². The van der Waals surface area contributed by atoms with E-state index in [-0.39, 0.29) is 11.8 Å². The number of carbonyl (C=O) groups excluding carboxylic acids is 1. The van der Waals surface area contributed by atoms with Crippen LogP contribution < -0.4 is 10.6 Å². The Morgan fingerprint density at radius 3 is 2.93 bits per heavy atom. The lowest BCUT2D eigenvalue weighted by Crippen LogP contribution is -2.43. The van der Waals surface area contributed by atoms with Gasteiger partial charge in [0.1, 0.15) is 0 Å². The van der Waals surface area contributed by atoms with Crippen LogP contribution in [0.2, 0.25) is 0 Å². The van der Waals surface area contributed by atoms with Crippen molar-refractivity contribution < 1.29 is 9.90 Å². The van der Waals surface area contributed by atoms with Crippen molar-refractivity contribution in [1.29, 1.82) is 0 Å². The molecule has 4 heteroatoms. The lowest BCUT2D eigenvalue weighted by atomic mass is 10.00. The molecule has 0 saturated carbocycles. The van der Waals surface area contributed by atoms with Gasteiger partial charge in [-0.2, -0.15) is 0 Å². The molecule has 1 aliphatic heterocycles. The third kappa shape index (κ3) is 4.18. The predicted octanol–water partition coefficient (Wildman–Crippen LogP) is 0.263. The Bertz CT molecular complexity index is 211. The van der Waals surface area contributed by atoms with E-state index in [1.54, 1.807) is 6.92 Å². The van der Waals surface area contributed by atoms with Gasteiger partial charge in [0.05, 0.1) is 11.5 Å². The van der Waals surface area contributed by atoms with Gasteiger partial charge in [0.15, 0.2) is 0 Å². The highest BCUT2D eigenvalue weighted by Crippen LogP contribution is 2.12. The fourth-order valence-electron chi connectivity index (χ4n) is 1.93. The lowest BCUT2D eigenvalue weighted by Gasteiger charge is -2.23. The summed E-state index contributed by atoms with van der Waals surface area (Å²) in [6.07, 6.45) is 2.55. The first-order valence-electron chi connectivity index (χ1n) is 5.76. The van der Waals surface area contributed by atoms with Crippen LogP contribution >= 0.6 is 0 Å². The molecular weight excluding hydrogens is 192 g/mol. The van der Waals surface area contributed by atoms with E-state index >= 15 is 0 Å². The van der Waals surface area contributed by atoms with Gasteiger partial charge in [0.2, 0.25) is 5.91 Å². The van der Waals surface area contributed by atoms with Crippen molar-refractivity contribution in [2.24, 2.45) is 5.92 Å². The van der Waals surface area contributed by atoms with Gasteiger partial charge in [0.25, 0.3) is 0 Å². The molecular formula is C11H22N2O2. The molecule has 1 amide bonds. The van der Waals surface area contributed by atoms with Crippen LogP contribution in [-0.4, -0.2) is 36.2 Å². The van der Waals surface area contributed by atoms with Gasteiger partial charge in [-0.05, 0) is 26.3 Å². The van der Waals surface area contributed by atoms with Crippen LogP contribution in [-0.2, 0) is 4.79 Å². The largest absolute Gasteiger partial charge is 0.388 e. The zero-order chi connectivity index (χ0) is 11.3. The molecule has 2 atom stereocenters.